The molecule has 0 aliphatic carbocycles. The second kappa shape index (κ2) is 6.35. The van der Waals surface area contributed by atoms with Crippen molar-refractivity contribution in [1.29, 1.82) is 0 Å². The van der Waals surface area contributed by atoms with Crippen molar-refractivity contribution in [3.8, 4) is 0 Å². The summed E-state index contributed by atoms with van der Waals surface area (Å²) in [5.74, 6) is -4.13. The summed E-state index contributed by atoms with van der Waals surface area (Å²) in [6.45, 7) is 7.39. The molecule has 2 saturated heterocycles. The number of hydrogen-bond acceptors (Lipinski definition) is 4. The number of hydrogen-bond donors (Lipinski definition) is 1. The molecule has 2 atom stereocenters. The van der Waals surface area contributed by atoms with E-state index in [1.54, 1.807) is 0 Å². The van der Waals surface area contributed by atoms with Gasteiger partial charge in [-0.15, -0.1) is 0 Å². The van der Waals surface area contributed by atoms with Gasteiger partial charge in [0.25, 0.3) is 0 Å². The normalized spacial score (nSPS) is 30.0. The fourth-order valence-corrected chi connectivity index (χ4v) is 2.92. The Kier molecular flexibility index (Phi) is 4.96. The predicted molar refractivity (Wildman–Crippen MR) is 71.7 cm³/mol. The molecule has 1 N–H and O–H groups in total. The SMILES string of the molecule is CC(C)N(CC1CCCNC1)CC1CC(F)(F)C(=O)O1. The molecular weight excluding hydrogens is 266 g/mol. The van der Waals surface area contributed by atoms with E-state index in [1.807, 2.05) is 13.8 Å². The minimum atomic E-state index is -3.31. The van der Waals surface area contributed by atoms with Crippen molar-refractivity contribution >= 4 is 5.97 Å². The van der Waals surface area contributed by atoms with E-state index < -0.39 is 24.4 Å². The smallest absolute Gasteiger partial charge is 0.377 e. The molecule has 2 aliphatic rings. The second-order valence-electron chi connectivity index (χ2n) is 6.20. The number of alkyl halides is 2. The number of halogens is 2. The van der Waals surface area contributed by atoms with Gasteiger partial charge in [0.1, 0.15) is 6.10 Å². The van der Waals surface area contributed by atoms with E-state index in [4.69, 9.17) is 4.74 Å². The number of carbonyl (C=O) groups is 1. The van der Waals surface area contributed by atoms with Crippen molar-refractivity contribution in [3.05, 3.63) is 0 Å². The van der Waals surface area contributed by atoms with E-state index in [-0.39, 0.29) is 6.04 Å². The lowest BCUT2D eigenvalue weighted by molar-refractivity contribution is -0.159. The van der Waals surface area contributed by atoms with E-state index in [1.165, 1.54) is 0 Å². The zero-order valence-corrected chi connectivity index (χ0v) is 12.2. The Morgan fingerprint density at radius 1 is 1.45 bits per heavy atom. The summed E-state index contributed by atoms with van der Waals surface area (Å²) < 4.78 is 31.2. The summed E-state index contributed by atoms with van der Waals surface area (Å²) in [5.41, 5.74) is 0. The standard InChI is InChI=1S/C14H24F2N2O2/c1-10(2)18(8-11-4-3-5-17-7-11)9-12-6-14(15,16)13(19)20-12/h10-12,17H,3-9H2,1-2H3. The van der Waals surface area contributed by atoms with Crippen LogP contribution in [0.3, 0.4) is 0 Å². The quantitative estimate of drug-likeness (QED) is 0.782. The Labute approximate surface area is 118 Å². The van der Waals surface area contributed by atoms with Crippen LogP contribution in [0.2, 0.25) is 0 Å². The lowest BCUT2D eigenvalue weighted by Crippen LogP contribution is -2.44. The molecule has 2 rings (SSSR count). The van der Waals surface area contributed by atoms with Gasteiger partial charge in [-0.3, -0.25) is 4.90 Å². The van der Waals surface area contributed by atoms with Crippen LogP contribution in [-0.4, -0.2) is 55.1 Å². The Hall–Kier alpha value is -0.750. The first-order valence-electron chi connectivity index (χ1n) is 7.42. The highest BCUT2D eigenvalue weighted by Gasteiger charge is 2.51. The molecule has 0 aromatic rings. The van der Waals surface area contributed by atoms with Gasteiger partial charge in [0.2, 0.25) is 0 Å². The largest absolute Gasteiger partial charge is 0.456 e. The molecule has 0 spiro atoms. The summed E-state index contributed by atoms with van der Waals surface area (Å²) in [6, 6.07) is 0.254. The van der Waals surface area contributed by atoms with Crippen LogP contribution in [0.4, 0.5) is 8.78 Å². The number of piperidine rings is 1. The van der Waals surface area contributed by atoms with E-state index in [2.05, 4.69) is 10.2 Å². The van der Waals surface area contributed by atoms with Crippen LogP contribution in [0.25, 0.3) is 0 Å². The predicted octanol–water partition coefficient (Wildman–Crippen LogP) is 1.65. The Morgan fingerprint density at radius 2 is 2.20 bits per heavy atom. The zero-order chi connectivity index (χ0) is 14.8. The van der Waals surface area contributed by atoms with Gasteiger partial charge < -0.3 is 10.1 Å². The summed E-state index contributed by atoms with van der Waals surface area (Å²) in [6.07, 6.45) is 1.15. The minimum absolute atomic E-state index is 0.254. The highest BCUT2D eigenvalue weighted by molar-refractivity contribution is 5.79. The highest BCUT2D eigenvalue weighted by atomic mass is 19.3. The van der Waals surface area contributed by atoms with E-state index in [0.717, 1.165) is 32.5 Å². The fraction of sp³-hybridized carbons (Fsp3) is 0.929. The van der Waals surface area contributed by atoms with Gasteiger partial charge in [-0.25, -0.2) is 4.79 Å². The third-order valence-electron chi connectivity index (χ3n) is 4.12. The van der Waals surface area contributed by atoms with E-state index in [0.29, 0.717) is 12.5 Å². The van der Waals surface area contributed by atoms with Crippen LogP contribution < -0.4 is 5.32 Å². The first-order chi connectivity index (χ1) is 9.38. The lowest BCUT2D eigenvalue weighted by atomic mass is 9.98. The molecule has 2 unspecified atom stereocenters. The van der Waals surface area contributed by atoms with E-state index in [9.17, 15) is 13.6 Å². The molecule has 20 heavy (non-hydrogen) atoms. The first-order valence-corrected chi connectivity index (χ1v) is 7.42. The van der Waals surface area contributed by atoms with Gasteiger partial charge >= 0.3 is 11.9 Å². The topological polar surface area (TPSA) is 41.6 Å². The summed E-state index contributed by atoms with van der Waals surface area (Å²) in [7, 11) is 0. The number of esters is 1. The van der Waals surface area contributed by atoms with Crippen LogP contribution in [-0.2, 0) is 9.53 Å². The summed E-state index contributed by atoms with van der Waals surface area (Å²) in [4.78, 5) is 13.2. The maximum atomic E-state index is 13.2. The Balaban J connectivity index is 1.88. The van der Waals surface area contributed by atoms with Gasteiger partial charge in [-0.1, -0.05) is 0 Å². The van der Waals surface area contributed by atoms with Crippen molar-refractivity contribution in [1.82, 2.24) is 10.2 Å². The van der Waals surface area contributed by atoms with Crippen LogP contribution >= 0.6 is 0 Å². The van der Waals surface area contributed by atoms with Gasteiger partial charge in [-0.05, 0) is 45.7 Å². The summed E-state index contributed by atoms with van der Waals surface area (Å²) >= 11 is 0. The third-order valence-corrected chi connectivity index (χ3v) is 4.12. The van der Waals surface area contributed by atoms with Gasteiger partial charge in [-0.2, -0.15) is 8.78 Å². The van der Waals surface area contributed by atoms with Gasteiger partial charge in [0.05, 0.1) is 6.42 Å². The van der Waals surface area contributed by atoms with E-state index >= 15 is 0 Å². The fourth-order valence-electron chi connectivity index (χ4n) is 2.92. The monoisotopic (exact) mass is 290 g/mol. The molecule has 0 aromatic carbocycles. The van der Waals surface area contributed by atoms with Crippen molar-refractivity contribution in [3.63, 3.8) is 0 Å². The number of ether oxygens (including phenoxy) is 1. The maximum Gasteiger partial charge on any atom is 0.377 e. The second-order valence-corrected chi connectivity index (χ2v) is 6.20. The van der Waals surface area contributed by atoms with Crippen molar-refractivity contribution in [2.45, 2.75) is 51.2 Å². The molecule has 116 valence electrons. The number of nitrogens with one attached hydrogen (secondary N) is 1. The van der Waals surface area contributed by atoms with Crippen LogP contribution in [0.15, 0.2) is 0 Å². The van der Waals surface area contributed by atoms with Crippen molar-refractivity contribution in [2.75, 3.05) is 26.2 Å². The van der Waals surface area contributed by atoms with Crippen LogP contribution in [0, 0.1) is 5.92 Å². The molecule has 0 bridgehead atoms. The maximum absolute atomic E-state index is 13.2. The number of rotatable bonds is 5. The molecule has 4 nitrogen and oxygen atoms in total. The zero-order valence-electron chi connectivity index (χ0n) is 12.2. The first kappa shape index (κ1) is 15.6. The number of cyclic esters (lactones) is 1. The molecule has 2 heterocycles. The summed E-state index contributed by atoms with van der Waals surface area (Å²) in [5, 5.41) is 3.36. The molecule has 0 radical (unpaired) electrons. The van der Waals surface area contributed by atoms with Crippen LogP contribution in [0.5, 0.6) is 0 Å². The molecule has 2 fully saturated rings. The average Bonchev–Trinajstić information content (AvgIpc) is 2.63. The minimum Gasteiger partial charge on any atom is -0.456 e. The molecular formula is C14H24F2N2O2. The van der Waals surface area contributed by atoms with Crippen molar-refractivity contribution < 1.29 is 18.3 Å². The third kappa shape index (κ3) is 3.88. The number of carbonyl (C=O) groups excluding carboxylic acids is 1. The van der Waals surface area contributed by atoms with Crippen LogP contribution in [0.1, 0.15) is 33.1 Å². The highest BCUT2D eigenvalue weighted by Crippen LogP contribution is 2.31. The Bertz CT molecular complexity index is 344. The molecule has 6 heteroatoms. The Morgan fingerprint density at radius 3 is 2.70 bits per heavy atom. The molecule has 0 aromatic heterocycles. The lowest BCUT2D eigenvalue weighted by Gasteiger charge is -2.33. The van der Waals surface area contributed by atoms with Gasteiger partial charge in [0.15, 0.2) is 0 Å². The van der Waals surface area contributed by atoms with Gasteiger partial charge in [0, 0.05) is 19.1 Å². The van der Waals surface area contributed by atoms with Crippen molar-refractivity contribution in [2.24, 2.45) is 5.92 Å². The molecule has 0 saturated carbocycles. The molecule has 0 amide bonds. The molecule has 2 aliphatic heterocycles. The number of nitrogens with zero attached hydrogens (tertiary/aromatic N) is 1. The average molecular weight is 290 g/mol.